The Kier molecular flexibility index (Phi) is 6.37. The molecule has 1 aliphatic heterocycles. The molecule has 0 aliphatic carbocycles. The van der Waals surface area contributed by atoms with Crippen LogP contribution in [0.25, 0.3) is 0 Å². The molecular weight excluding hydrogens is 425 g/mol. The lowest BCUT2D eigenvalue weighted by molar-refractivity contribution is -0.131. The fraction of sp³-hybridized carbons (Fsp3) is 0.350. The summed E-state index contributed by atoms with van der Waals surface area (Å²) in [6.45, 7) is -2.55. The van der Waals surface area contributed by atoms with E-state index in [2.05, 4.69) is 10.1 Å². The van der Waals surface area contributed by atoms with Gasteiger partial charge in [0.25, 0.3) is 12.3 Å². The maximum absolute atomic E-state index is 14.1. The number of aryl methyl sites for hydroxylation is 1. The predicted octanol–water partition coefficient (Wildman–Crippen LogP) is 2.93. The number of amides is 1. The zero-order valence-electron chi connectivity index (χ0n) is 16.5. The highest BCUT2D eigenvalue weighted by atomic mass is 19.3. The Hall–Kier alpha value is -2.92. The van der Waals surface area contributed by atoms with E-state index in [-0.39, 0.29) is 11.3 Å². The summed E-state index contributed by atoms with van der Waals surface area (Å²) >= 11 is 0. The molecule has 0 spiro atoms. The molecule has 0 aromatic heterocycles. The number of hydrogen-bond acceptors (Lipinski definition) is 5. The van der Waals surface area contributed by atoms with Gasteiger partial charge in [-0.2, -0.15) is 8.78 Å². The summed E-state index contributed by atoms with van der Waals surface area (Å²) in [5.41, 5.74) is 5.14. The monoisotopic (exact) mass is 445 g/mol. The highest BCUT2D eigenvalue weighted by Gasteiger charge is 2.52. The van der Waals surface area contributed by atoms with Gasteiger partial charge in [-0.1, -0.05) is 12.1 Å². The molecular formula is C20H20F5N3O3. The van der Waals surface area contributed by atoms with Crippen LogP contribution in [0.3, 0.4) is 0 Å². The first-order valence-corrected chi connectivity index (χ1v) is 9.13. The van der Waals surface area contributed by atoms with Crippen LogP contribution in [0.5, 0.6) is 11.5 Å². The standard InChI is InChI=1S/C20H20F5N3O3/c1-10-7-11(4-6-14(10)31-18(24)25)20(17(29)28(2)19(26)27-20)12-3-5-13(21)15(8-12)30-9-16(22)23/h3-8,16,18-19,27H,9,26H2,1-2H3. The highest BCUT2D eigenvalue weighted by Crippen LogP contribution is 2.39. The number of carbonyl (C=O) groups is 1. The van der Waals surface area contributed by atoms with Gasteiger partial charge in [-0.15, -0.1) is 0 Å². The summed E-state index contributed by atoms with van der Waals surface area (Å²) in [6.07, 6.45) is -3.76. The number of benzene rings is 2. The van der Waals surface area contributed by atoms with Crippen LogP contribution < -0.4 is 20.5 Å². The number of nitrogens with one attached hydrogen (secondary N) is 1. The van der Waals surface area contributed by atoms with Gasteiger partial charge in [-0.25, -0.2) is 13.2 Å². The first-order chi connectivity index (χ1) is 14.6. The van der Waals surface area contributed by atoms with Gasteiger partial charge in [0, 0.05) is 7.05 Å². The first-order valence-electron chi connectivity index (χ1n) is 9.13. The quantitative estimate of drug-likeness (QED) is 0.641. The average molecular weight is 445 g/mol. The number of nitrogens with two attached hydrogens (primary N) is 1. The first kappa shape index (κ1) is 22.8. The number of alkyl halides is 4. The number of carbonyl (C=O) groups excluding carboxylic acids is 1. The van der Waals surface area contributed by atoms with Gasteiger partial charge in [0.05, 0.1) is 0 Å². The molecule has 168 valence electrons. The van der Waals surface area contributed by atoms with E-state index < -0.39 is 48.9 Å². The number of rotatable bonds is 7. The van der Waals surface area contributed by atoms with Crippen molar-refractivity contribution in [1.82, 2.24) is 10.2 Å². The fourth-order valence-corrected chi connectivity index (χ4v) is 3.46. The predicted molar refractivity (Wildman–Crippen MR) is 100 cm³/mol. The lowest BCUT2D eigenvalue weighted by atomic mass is 9.82. The van der Waals surface area contributed by atoms with E-state index in [4.69, 9.17) is 10.5 Å². The third-order valence-electron chi connectivity index (χ3n) is 4.98. The second-order valence-electron chi connectivity index (χ2n) is 6.96. The van der Waals surface area contributed by atoms with Crippen LogP contribution in [0, 0.1) is 12.7 Å². The van der Waals surface area contributed by atoms with Crippen LogP contribution in [0.4, 0.5) is 22.0 Å². The van der Waals surface area contributed by atoms with Crippen molar-refractivity contribution in [2.45, 2.75) is 31.8 Å². The molecule has 1 amide bonds. The van der Waals surface area contributed by atoms with Crippen molar-refractivity contribution in [2.75, 3.05) is 13.7 Å². The van der Waals surface area contributed by atoms with Crippen LogP contribution in [0.15, 0.2) is 36.4 Å². The minimum atomic E-state index is -3.03. The number of halogens is 5. The lowest BCUT2D eigenvalue weighted by Crippen LogP contribution is -2.48. The van der Waals surface area contributed by atoms with E-state index in [0.29, 0.717) is 11.1 Å². The normalized spacial score (nSPS) is 21.3. The van der Waals surface area contributed by atoms with Gasteiger partial charge in [-0.05, 0) is 47.9 Å². The van der Waals surface area contributed by atoms with Crippen LogP contribution in [-0.2, 0) is 10.3 Å². The molecule has 6 nitrogen and oxygen atoms in total. The number of hydrogen-bond donors (Lipinski definition) is 2. The van der Waals surface area contributed by atoms with E-state index in [1.807, 2.05) is 0 Å². The molecule has 1 fully saturated rings. The molecule has 1 aliphatic rings. The fourth-order valence-electron chi connectivity index (χ4n) is 3.46. The van der Waals surface area contributed by atoms with Crippen molar-refractivity contribution in [3.05, 3.63) is 58.9 Å². The summed E-state index contributed by atoms with van der Waals surface area (Å²) in [7, 11) is 1.45. The van der Waals surface area contributed by atoms with Gasteiger partial charge >= 0.3 is 6.61 Å². The Labute approximate surface area is 174 Å². The van der Waals surface area contributed by atoms with Gasteiger partial charge in [0.2, 0.25) is 0 Å². The van der Waals surface area contributed by atoms with E-state index in [0.717, 1.165) is 12.1 Å². The molecule has 31 heavy (non-hydrogen) atoms. The third-order valence-corrected chi connectivity index (χ3v) is 4.98. The summed E-state index contributed by atoms with van der Waals surface area (Å²) in [4.78, 5) is 14.5. The molecule has 2 aromatic rings. The SMILES string of the molecule is Cc1cc(C2(c3ccc(F)c(OCC(F)F)c3)NC(N)N(C)C2=O)ccc1OC(F)F. The molecule has 2 aromatic carbocycles. The van der Waals surface area contributed by atoms with Crippen molar-refractivity contribution in [3.8, 4) is 11.5 Å². The molecule has 2 unspecified atom stereocenters. The van der Waals surface area contributed by atoms with Gasteiger partial charge in [0.15, 0.2) is 17.1 Å². The molecule has 1 saturated heterocycles. The smallest absolute Gasteiger partial charge is 0.387 e. The number of ether oxygens (including phenoxy) is 2. The van der Waals surface area contributed by atoms with Gasteiger partial charge in [-0.3, -0.25) is 15.8 Å². The molecule has 0 bridgehead atoms. The Balaban J connectivity index is 2.14. The van der Waals surface area contributed by atoms with E-state index in [1.54, 1.807) is 0 Å². The molecule has 3 rings (SSSR count). The van der Waals surface area contributed by atoms with Crippen molar-refractivity contribution in [2.24, 2.45) is 5.73 Å². The molecule has 0 saturated carbocycles. The Morgan fingerprint density at radius 1 is 1.13 bits per heavy atom. The number of nitrogens with zero attached hydrogens (tertiary/aromatic N) is 1. The van der Waals surface area contributed by atoms with Crippen molar-refractivity contribution in [3.63, 3.8) is 0 Å². The van der Waals surface area contributed by atoms with Gasteiger partial charge in [0.1, 0.15) is 18.6 Å². The van der Waals surface area contributed by atoms with E-state index in [1.165, 1.54) is 43.1 Å². The Morgan fingerprint density at radius 3 is 2.32 bits per heavy atom. The molecule has 3 N–H and O–H groups in total. The second kappa shape index (κ2) is 8.67. The zero-order chi connectivity index (χ0) is 22.9. The minimum Gasteiger partial charge on any atom is -0.485 e. The number of likely N-dealkylation sites (N-methyl/N-ethyl adjacent to an activating group) is 1. The van der Waals surface area contributed by atoms with Crippen LogP contribution in [-0.4, -0.2) is 43.8 Å². The largest absolute Gasteiger partial charge is 0.485 e. The topological polar surface area (TPSA) is 76.8 Å². The Bertz CT molecular complexity index is 975. The summed E-state index contributed by atoms with van der Waals surface area (Å²) < 4.78 is 73.7. The van der Waals surface area contributed by atoms with Crippen molar-refractivity contribution < 1.29 is 36.2 Å². The van der Waals surface area contributed by atoms with E-state index >= 15 is 0 Å². The zero-order valence-corrected chi connectivity index (χ0v) is 16.5. The van der Waals surface area contributed by atoms with Gasteiger partial charge < -0.3 is 14.4 Å². The third kappa shape index (κ3) is 4.28. The molecule has 11 heteroatoms. The van der Waals surface area contributed by atoms with Crippen LogP contribution >= 0.6 is 0 Å². The summed E-state index contributed by atoms with van der Waals surface area (Å²) in [5.74, 6) is -1.96. The van der Waals surface area contributed by atoms with Crippen molar-refractivity contribution in [1.29, 1.82) is 0 Å². The molecule has 2 atom stereocenters. The molecule has 1 heterocycles. The Morgan fingerprint density at radius 2 is 1.77 bits per heavy atom. The average Bonchev–Trinajstić information content (AvgIpc) is 2.93. The molecule has 0 radical (unpaired) electrons. The second-order valence-corrected chi connectivity index (χ2v) is 6.96. The summed E-state index contributed by atoms with van der Waals surface area (Å²) in [5, 5.41) is 2.94. The lowest BCUT2D eigenvalue weighted by Gasteiger charge is -2.29. The maximum atomic E-state index is 14.1. The van der Waals surface area contributed by atoms with Crippen molar-refractivity contribution >= 4 is 5.91 Å². The highest BCUT2D eigenvalue weighted by molar-refractivity contribution is 5.94. The maximum Gasteiger partial charge on any atom is 0.387 e. The van der Waals surface area contributed by atoms with E-state index in [9.17, 15) is 26.7 Å². The minimum absolute atomic E-state index is 0.0861. The van der Waals surface area contributed by atoms with Crippen LogP contribution in [0.1, 0.15) is 16.7 Å². The van der Waals surface area contributed by atoms with Crippen LogP contribution in [0.2, 0.25) is 0 Å². The summed E-state index contributed by atoms with van der Waals surface area (Å²) in [6, 6.07) is 7.53.